The highest BCUT2D eigenvalue weighted by Gasteiger charge is 2.14. The lowest BCUT2D eigenvalue weighted by Crippen LogP contribution is -2.28. The number of aromatic nitrogens is 3. The van der Waals surface area contributed by atoms with Crippen molar-refractivity contribution in [1.29, 1.82) is 0 Å². The van der Waals surface area contributed by atoms with Gasteiger partial charge >= 0.3 is 0 Å². The molecule has 6 nitrogen and oxygen atoms in total. The van der Waals surface area contributed by atoms with Crippen LogP contribution in [0.3, 0.4) is 0 Å². The minimum absolute atomic E-state index is 0.0329. The van der Waals surface area contributed by atoms with E-state index in [1.54, 1.807) is 0 Å². The molecule has 0 aliphatic rings. The molecular formula is C23H28N4O2S. The van der Waals surface area contributed by atoms with Crippen molar-refractivity contribution in [2.24, 2.45) is 7.05 Å². The Morgan fingerprint density at radius 1 is 1.13 bits per heavy atom. The van der Waals surface area contributed by atoms with Crippen molar-refractivity contribution < 1.29 is 9.53 Å². The van der Waals surface area contributed by atoms with Gasteiger partial charge in [-0.05, 0) is 43.2 Å². The number of hydrogen-bond donors (Lipinski definition) is 1. The first-order valence-electron chi connectivity index (χ1n) is 10.2. The third kappa shape index (κ3) is 5.86. The van der Waals surface area contributed by atoms with Gasteiger partial charge in [-0.25, -0.2) is 0 Å². The van der Waals surface area contributed by atoms with E-state index < -0.39 is 0 Å². The highest BCUT2D eigenvalue weighted by atomic mass is 32.2. The van der Waals surface area contributed by atoms with Gasteiger partial charge in [-0.15, -0.1) is 10.2 Å². The smallest absolute Gasteiger partial charge is 0.230 e. The fourth-order valence-corrected chi connectivity index (χ4v) is 3.69. The van der Waals surface area contributed by atoms with Crippen LogP contribution in [0.4, 0.5) is 0 Å². The molecule has 0 spiro atoms. The van der Waals surface area contributed by atoms with E-state index in [-0.39, 0.29) is 17.7 Å². The van der Waals surface area contributed by atoms with Gasteiger partial charge in [-0.2, -0.15) is 0 Å². The Hall–Kier alpha value is -2.80. The molecule has 0 fully saturated rings. The van der Waals surface area contributed by atoms with E-state index in [0.29, 0.717) is 5.16 Å². The minimum Gasteiger partial charge on any atom is -0.494 e. The van der Waals surface area contributed by atoms with Crippen molar-refractivity contribution in [3.8, 4) is 17.1 Å². The second kappa shape index (κ2) is 10.8. The lowest BCUT2D eigenvalue weighted by atomic mass is 10.1. The lowest BCUT2D eigenvalue weighted by molar-refractivity contribution is -0.119. The molecule has 0 bridgehead atoms. The summed E-state index contributed by atoms with van der Waals surface area (Å²) < 4.78 is 7.62. The monoisotopic (exact) mass is 424 g/mol. The lowest BCUT2D eigenvalue weighted by Gasteiger charge is -2.14. The molecule has 3 rings (SSSR count). The standard InChI is InChI=1S/C23H28N4O2S/c1-4-5-15-29-20-13-11-19(12-14-20)22-25-26-23(27(22)3)30-16-21(28)24-17(2)18-9-7-6-8-10-18/h6-14,17H,4-5,15-16H2,1-3H3,(H,24,28). The summed E-state index contributed by atoms with van der Waals surface area (Å²) in [4.78, 5) is 12.3. The molecule has 158 valence electrons. The maximum absolute atomic E-state index is 12.3. The fourth-order valence-electron chi connectivity index (χ4n) is 2.96. The normalized spacial score (nSPS) is 11.8. The number of nitrogens with one attached hydrogen (secondary N) is 1. The van der Waals surface area contributed by atoms with Gasteiger partial charge in [-0.1, -0.05) is 55.4 Å². The van der Waals surface area contributed by atoms with E-state index in [0.717, 1.165) is 42.1 Å². The van der Waals surface area contributed by atoms with Crippen LogP contribution in [-0.4, -0.2) is 33.0 Å². The number of hydrogen-bond acceptors (Lipinski definition) is 5. The predicted molar refractivity (Wildman–Crippen MR) is 121 cm³/mol. The molecule has 1 heterocycles. The average Bonchev–Trinajstić information content (AvgIpc) is 3.14. The van der Waals surface area contributed by atoms with E-state index in [9.17, 15) is 4.79 Å². The summed E-state index contributed by atoms with van der Waals surface area (Å²) in [6, 6.07) is 17.7. The molecule has 7 heteroatoms. The highest BCUT2D eigenvalue weighted by molar-refractivity contribution is 7.99. The summed E-state index contributed by atoms with van der Waals surface area (Å²) >= 11 is 1.38. The molecule has 1 atom stereocenters. The minimum atomic E-state index is -0.0348. The molecule has 1 N–H and O–H groups in total. The van der Waals surface area contributed by atoms with Crippen molar-refractivity contribution in [2.75, 3.05) is 12.4 Å². The second-order valence-corrected chi connectivity index (χ2v) is 8.02. The molecular weight excluding hydrogens is 396 g/mol. The number of unbranched alkanes of at least 4 members (excludes halogenated alkanes) is 1. The van der Waals surface area contributed by atoms with Gasteiger partial charge in [0.15, 0.2) is 11.0 Å². The summed E-state index contributed by atoms with van der Waals surface area (Å²) in [5, 5.41) is 12.3. The van der Waals surface area contributed by atoms with E-state index >= 15 is 0 Å². The Morgan fingerprint density at radius 3 is 2.57 bits per heavy atom. The second-order valence-electron chi connectivity index (χ2n) is 7.08. The van der Waals surface area contributed by atoms with Gasteiger partial charge < -0.3 is 14.6 Å². The largest absolute Gasteiger partial charge is 0.494 e. The fraction of sp³-hybridized carbons (Fsp3) is 0.348. The van der Waals surface area contributed by atoms with Crippen LogP contribution in [0.5, 0.6) is 5.75 Å². The summed E-state index contributed by atoms with van der Waals surface area (Å²) in [6.45, 7) is 4.85. The third-order valence-electron chi connectivity index (χ3n) is 4.72. The number of benzene rings is 2. The number of rotatable bonds is 10. The van der Waals surface area contributed by atoms with Crippen LogP contribution in [0.15, 0.2) is 59.8 Å². The molecule has 0 aliphatic heterocycles. The first-order chi connectivity index (χ1) is 14.6. The topological polar surface area (TPSA) is 69.0 Å². The molecule has 2 aromatic carbocycles. The Bertz CT molecular complexity index is 942. The van der Waals surface area contributed by atoms with Gasteiger partial charge in [0.2, 0.25) is 5.91 Å². The first kappa shape index (κ1) is 21.9. The van der Waals surface area contributed by atoms with Gasteiger partial charge in [0.05, 0.1) is 18.4 Å². The molecule has 1 aromatic heterocycles. The molecule has 30 heavy (non-hydrogen) atoms. The molecule has 0 aliphatic carbocycles. The van der Waals surface area contributed by atoms with Gasteiger partial charge in [-0.3, -0.25) is 4.79 Å². The summed E-state index contributed by atoms with van der Waals surface area (Å²) in [5.74, 6) is 1.87. The molecule has 0 radical (unpaired) electrons. The van der Waals surface area contributed by atoms with Crippen molar-refractivity contribution >= 4 is 17.7 Å². The van der Waals surface area contributed by atoms with E-state index in [1.165, 1.54) is 11.8 Å². The molecule has 1 amide bonds. The number of ether oxygens (including phenoxy) is 1. The van der Waals surface area contributed by atoms with Crippen molar-refractivity contribution in [3.05, 3.63) is 60.2 Å². The predicted octanol–water partition coefficient (Wildman–Crippen LogP) is 4.63. The average molecular weight is 425 g/mol. The van der Waals surface area contributed by atoms with Gasteiger partial charge in [0, 0.05) is 12.6 Å². The summed E-state index contributed by atoms with van der Waals surface area (Å²) in [5.41, 5.74) is 2.04. The van der Waals surface area contributed by atoms with Crippen LogP contribution in [0.25, 0.3) is 11.4 Å². The molecule has 0 saturated heterocycles. The highest BCUT2D eigenvalue weighted by Crippen LogP contribution is 2.24. The summed E-state index contributed by atoms with van der Waals surface area (Å²) in [6.07, 6.45) is 2.16. The quantitative estimate of drug-likeness (QED) is 0.380. The van der Waals surface area contributed by atoms with E-state index in [2.05, 4.69) is 22.4 Å². The third-order valence-corrected chi connectivity index (χ3v) is 5.74. The zero-order valence-electron chi connectivity index (χ0n) is 17.7. The Morgan fingerprint density at radius 2 is 1.87 bits per heavy atom. The number of carbonyl (C=O) groups excluding carboxylic acids is 1. The number of amides is 1. The zero-order valence-corrected chi connectivity index (χ0v) is 18.5. The zero-order chi connectivity index (χ0) is 21.3. The number of nitrogens with zero attached hydrogens (tertiary/aromatic N) is 3. The Labute approximate surface area is 182 Å². The van der Waals surface area contributed by atoms with Crippen LogP contribution in [-0.2, 0) is 11.8 Å². The van der Waals surface area contributed by atoms with Crippen LogP contribution in [0.2, 0.25) is 0 Å². The van der Waals surface area contributed by atoms with E-state index in [4.69, 9.17) is 4.74 Å². The number of thioether (sulfide) groups is 1. The Balaban J connectivity index is 1.55. The Kier molecular flexibility index (Phi) is 7.90. The van der Waals surface area contributed by atoms with Crippen LogP contribution in [0, 0.1) is 0 Å². The SMILES string of the molecule is CCCCOc1ccc(-c2nnc(SCC(=O)NC(C)c3ccccc3)n2C)cc1. The molecule has 3 aromatic rings. The molecule has 1 unspecified atom stereocenters. The van der Waals surface area contributed by atoms with Crippen LogP contribution >= 0.6 is 11.8 Å². The number of carbonyl (C=O) groups is 1. The van der Waals surface area contributed by atoms with Crippen molar-refractivity contribution in [3.63, 3.8) is 0 Å². The van der Waals surface area contributed by atoms with Gasteiger partial charge in [0.25, 0.3) is 0 Å². The maximum atomic E-state index is 12.3. The maximum Gasteiger partial charge on any atom is 0.230 e. The molecule has 0 saturated carbocycles. The van der Waals surface area contributed by atoms with E-state index in [1.807, 2.05) is 73.1 Å². The van der Waals surface area contributed by atoms with Crippen molar-refractivity contribution in [2.45, 2.75) is 37.9 Å². The van der Waals surface area contributed by atoms with Crippen LogP contribution in [0.1, 0.15) is 38.3 Å². The van der Waals surface area contributed by atoms with Gasteiger partial charge in [0.1, 0.15) is 5.75 Å². The van der Waals surface area contributed by atoms with Crippen LogP contribution < -0.4 is 10.1 Å². The first-order valence-corrected chi connectivity index (χ1v) is 11.2. The van der Waals surface area contributed by atoms with Crippen molar-refractivity contribution in [1.82, 2.24) is 20.1 Å². The summed E-state index contributed by atoms with van der Waals surface area (Å²) in [7, 11) is 1.91.